The van der Waals surface area contributed by atoms with Crippen LogP contribution in [0.2, 0.25) is 0 Å². The van der Waals surface area contributed by atoms with E-state index in [2.05, 4.69) is 5.32 Å². The average molecular weight is 318 g/mol. The van der Waals surface area contributed by atoms with Gasteiger partial charge < -0.3 is 19.7 Å². The predicted octanol–water partition coefficient (Wildman–Crippen LogP) is 1.68. The molecule has 0 spiro atoms. The zero-order chi connectivity index (χ0) is 16.4. The van der Waals surface area contributed by atoms with Gasteiger partial charge in [0.2, 0.25) is 18.6 Å². The first-order chi connectivity index (χ1) is 11.0. The molecule has 2 aliphatic heterocycles. The van der Waals surface area contributed by atoms with E-state index in [0.717, 1.165) is 5.56 Å². The Morgan fingerprint density at radius 3 is 2.91 bits per heavy atom. The molecule has 1 saturated heterocycles. The molecular weight excluding hydrogens is 296 g/mol. The highest BCUT2D eigenvalue weighted by molar-refractivity contribution is 5.90. The lowest BCUT2D eigenvalue weighted by Gasteiger charge is -2.24. The Kier molecular flexibility index (Phi) is 4.41. The molecule has 1 fully saturated rings. The van der Waals surface area contributed by atoms with Crippen molar-refractivity contribution in [2.24, 2.45) is 5.92 Å². The number of carbonyl (C=O) groups is 2. The number of likely N-dealkylation sites (tertiary alicyclic amines) is 1. The van der Waals surface area contributed by atoms with Gasteiger partial charge in [0.1, 0.15) is 6.04 Å². The van der Waals surface area contributed by atoms with Crippen LogP contribution < -0.4 is 14.8 Å². The van der Waals surface area contributed by atoms with Crippen LogP contribution in [0.4, 0.5) is 0 Å². The van der Waals surface area contributed by atoms with Crippen molar-refractivity contribution >= 4 is 11.8 Å². The maximum absolute atomic E-state index is 12.3. The maximum Gasteiger partial charge on any atom is 0.242 e. The molecule has 6 heteroatoms. The second-order valence-electron chi connectivity index (χ2n) is 6.40. The van der Waals surface area contributed by atoms with Crippen molar-refractivity contribution in [1.29, 1.82) is 0 Å². The Labute approximate surface area is 135 Å². The van der Waals surface area contributed by atoms with Gasteiger partial charge in [-0.05, 0) is 30.0 Å². The first kappa shape index (κ1) is 15.6. The van der Waals surface area contributed by atoms with Gasteiger partial charge in [-0.25, -0.2) is 0 Å². The highest BCUT2D eigenvalue weighted by Gasteiger charge is 2.36. The predicted molar refractivity (Wildman–Crippen MR) is 84.0 cm³/mol. The molecule has 1 atom stereocenters. The summed E-state index contributed by atoms with van der Waals surface area (Å²) in [6.07, 6.45) is 0.998. The molecule has 2 heterocycles. The first-order valence-electron chi connectivity index (χ1n) is 8.00. The van der Waals surface area contributed by atoms with Crippen molar-refractivity contribution in [3.8, 4) is 11.5 Å². The van der Waals surface area contributed by atoms with Gasteiger partial charge in [0.25, 0.3) is 0 Å². The van der Waals surface area contributed by atoms with Crippen LogP contribution in [0, 0.1) is 5.92 Å². The highest BCUT2D eigenvalue weighted by atomic mass is 16.7. The zero-order valence-electron chi connectivity index (χ0n) is 13.5. The van der Waals surface area contributed by atoms with Crippen molar-refractivity contribution in [3.05, 3.63) is 23.8 Å². The lowest BCUT2D eigenvalue weighted by atomic mass is 10.1. The van der Waals surface area contributed by atoms with Crippen molar-refractivity contribution < 1.29 is 19.1 Å². The van der Waals surface area contributed by atoms with E-state index in [9.17, 15) is 9.59 Å². The van der Waals surface area contributed by atoms with Gasteiger partial charge in [-0.1, -0.05) is 19.9 Å². The smallest absolute Gasteiger partial charge is 0.242 e. The quantitative estimate of drug-likeness (QED) is 0.897. The highest BCUT2D eigenvalue weighted by Crippen LogP contribution is 2.33. The van der Waals surface area contributed by atoms with Crippen LogP contribution in [0.25, 0.3) is 0 Å². The lowest BCUT2D eigenvalue weighted by Crippen LogP contribution is -2.45. The van der Waals surface area contributed by atoms with Crippen molar-refractivity contribution in [2.45, 2.75) is 39.3 Å². The Hall–Kier alpha value is -2.24. The fourth-order valence-electron chi connectivity index (χ4n) is 2.86. The van der Waals surface area contributed by atoms with Crippen molar-refractivity contribution in [1.82, 2.24) is 10.2 Å². The number of nitrogens with zero attached hydrogens (tertiary/aromatic N) is 1. The number of ether oxygens (including phenoxy) is 2. The minimum Gasteiger partial charge on any atom is -0.454 e. The van der Waals surface area contributed by atoms with Gasteiger partial charge >= 0.3 is 0 Å². The molecule has 1 N–H and O–H groups in total. The SMILES string of the molecule is CC(C)CNC(=O)[C@@H]1CCC(=O)N1Cc1ccc2c(c1)OCO2. The fraction of sp³-hybridized carbons (Fsp3) is 0.529. The number of nitrogens with one attached hydrogen (secondary N) is 1. The van der Waals surface area contributed by atoms with Gasteiger partial charge in [-0.15, -0.1) is 0 Å². The molecule has 0 radical (unpaired) electrons. The molecule has 0 unspecified atom stereocenters. The lowest BCUT2D eigenvalue weighted by molar-refractivity contribution is -0.135. The summed E-state index contributed by atoms with van der Waals surface area (Å²) in [5, 5.41) is 2.92. The second-order valence-corrected chi connectivity index (χ2v) is 6.40. The molecule has 124 valence electrons. The standard InChI is InChI=1S/C17H22N2O4/c1-11(2)8-18-17(21)13-4-6-16(20)19(13)9-12-3-5-14-15(7-12)23-10-22-14/h3,5,7,11,13H,4,6,8-10H2,1-2H3,(H,18,21)/t13-/m0/s1. The number of carbonyl (C=O) groups excluding carboxylic acids is 2. The average Bonchev–Trinajstić information content (AvgIpc) is 3.12. The van der Waals surface area contributed by atoms with E-state index in [1.807, 2.05) is 32.0 Å². The van der Waals surface area contributed by atoms with E-state index in [4.69, 9.17) is 9.47 Å². The summed E-state index contributed by atoms with van der Waals surface area (Å²) in [4.78, 5) is 26.1. The first-order valence-corrected chi connectivity index (χ1v) is 8.00. The van der Waals surface area contributed by atoms with Gasteiger partial charge in [0.05, 0.1) is 0 Å². The van der Waals surface area contributed by atoms with Crippen LogP contribution in [0.3, 0.4) is 0 Å². The fourth-order valence-corrected chi connectivity index (χ4v) is 2.86. The molecule has 0 saturated carbocycles. The number of hydrogen-bond acceptors (Lipinski definition) is 4. The minimum absolute atomic E-state index is 0.0207. The van der Waals surface area contributed by atoms with Crippen LogP contribution in [0.1, 0.15) is 32.3 Å². The van der Waals surface area contributed by atoms with Crippen molar-refractivity contribution in [3.63, 3.8) is 0 Å². The molecule has 0 aromatic heterocycles. The number of benzene rings is 1. The topological polar surface area (TPSA) is 67.9 Å². The van der Waals surface area contributed by atoms with E-state index in [1.54, 1.807) is 4.90 Å². The Morgan fingerprint density at radius 1 is 1.35 bits per heavy atom. The third kappa shape index (κ3) is 3.41. The molecule has 0 aliphatic carbocycles. The van der Waals surface area contributed by atoms with Gasteiger partial charge in [-0.3, -0.25) is 9.59 Å². The Bertz CT molecular complexity index is 615. The monoisotopic (exact) mass is 318 g/mol. The third-order valence-corrected chi connectivity index (χ3v) is 4.11. The van der Waals surface area contributed by atoms with Gasteiger partial charge in [0, 0.05) is 19.5 Å². The van der Waals surface area contributed by atoms with Crippen LogP contribution in [0.5, 0.6) is 11.5 Å². The van der Waals surface area contributed by atoms with E-state index in [-0.39, 0.29) is 24.6 Å². The molecule has 3 rings (SSSR count). The number of rotatable bonds is 5. The number of amides is 2. The summed E-state index contributed by atoms with van der Waals surface area (Å²) in [6.45, 7) is 5.35. The number of hydrogen-bond donors (Lipinski definition) is 1. The number of fused-ring (bicyclic) bond motifs is 1. The molecule has 0 bridgehead atoms. The summed E-state index contributed by atoms with van der Waals surface area (Å²) >= 11 is 0. The normalized spacial score (nSPS) is 19.5. The summed E-state index contributed by atoms with van der Waals surface area (Å²) in [7, 11) is 0. The molecule has 6 nitrogen and oxygen atoms in total. The van der Waals surface area contributed by atoms with E-state index in [1.165, 1.54) is 0 Å². The van der Waals surface area contributed by atoms with E-state index >= 15 is 0 Å². The second kappa shape index (κ2) is 6.48. The Balaban J connectivity index is 1.69. The summed E-state index contributed by atoms with van der Waals surface area (Å²) in [5.41, 5.74) is 0.936. The van der Waals surface area contributed by atoms with Crippen LogP contribution in [-0.2, 0) is 16.1 Å². The summed E-state index contributed by atoms with van der Waals surface area (Å²) < 4.78 is 10.7. The molecular formula is C17H22N2O4. The minimum atomic E-state index is -0.383. The van der Waals surface area contributed by atoms with Crippen LogP contribution in [-0.4, -0.2) is 36.1 Å². The molecule has 1 aromatic carbocycles. The third-order valence-electron chi connectivity index (χ3n) is 4.11. The van der Waals surface area contributed by atoms with Gasteiger partial charge in [0.15, 0.2) is 11.5 Å². The maximum atomic E-state index is 12.3. The van der Waals surface area contributed by atoms with Crippen molar-refractivity contribution in [2.75, 3.05) is 13.3 Å². The molecule has 23 heavy (non-hydrogen) atoms. The van der Waals surface area contributed by atoms with Crippen LogP contribution >= 0.6 is 0 Å². The zero-order valence-corrected chi connectivity index (χ0v) is 13.5. The molecule has 2 amide bonds. The summed E-state index contributed by atoms with van der Waals surface area (Å²) in [6, 6.07) is 5.23. The van der Waals surface area contributed by atoms with Crippen LogP contribution in [0.15, 0.2) is 18.2 Å². The van der Waals surface area contributed by atoms with E-state index < -0.39 is 0 Å². The molecule has 2 aliphatic rings. The largest absolute Gasteiger partial charge is 0.454 e. The van der Waals surface area contributed by atoms with Gasteiger partial charge in [-0.2, -0.15) is 0 Å². The summed E-state index contributed by atoms with van der Waals surface area (Å²) in [5.74, 6) is 1.75. The Morgan fingerprint density at radius 2 is 2.13 bits per heavy atom. The van der Waals surface area contributed by atoms with E-state index in [0.29, 0.717) is 43.3 Å². The molecule has 1 aromatic rings.